The smallest absolute Gasteiger partial charge is 0.243 e. The van der Waals surface area contributed by atoms with Crippen molar-refractivity contribution in [2.75, 3.05) is 26.8 Å². The molecule has 2 aromatic carbocycles. The van der Waals surface area contributed by atoms with Crippen molar-refractivity contribution < 1.29 is 17.9 Å². The average Bonchev–Trinajstić information content (AvgIpc) is 3.29. The normalized spacial score (nSPS) is 15.6. The monoisotopic (exact) mass is 473 g/mol. The summed E-state index contributed by atoms with van der Waals surface area (Å²) in [5.74, 6) is 1.74. The molecular formula is C23H27N3O4S2. The molecule has 3 aromatic rings. The summed E-state index contributed by atoms with van der Waals surface area (Å²) in [5, 5.41) is 10.7. The summed E-state index contributed by atoms with van der Waals surface area (Å²) in [4.78, 5) is 0.303. The third-order valence-corrected chi connectivity index (χ3v) is 8.57. The molecule has 1 fully saturated rings. The molecule has 0 bridgehead atoms. The minimum absolute atomic E-state index is 0.240. The van der Waals surface area contributed by atoms with Gasteiger partial charge in [0.25, 0.3) is 0 Å². The Kier molecular flexibility index (Phi) is 7.07. The summed E-state index contributed by atoms with van der Waals surface area (Å²) in [6, 6.07) is 14.6. The van der Waals surface area contributed by atoms with Crippen LogP contribution in [0.4, 0.5) is 0 Å². The molecular weight excluding hydrogens is 446 g/mol. The molecule has 0 spiro atoms. The Morgan fingerprint density at radius 1 is 1.00 bits per heavy atom. The van der Waals surface area contributed by atoms with Crippen molar-refractivity contribution in [3.8, 4) is 11.5 Å². The number of benzene rings is 2. The average molecular weight is 474 g/mol. The highest BCUT2D eigenvalue weighted by Gasteiger charge is 2.31. The minimum atomic E-state index is -3.51. The molecule has 0 atom stereocenters. The Balaban J connectivity index is 1.36. The zero-order valence-corrected chi connectivity index (χ0v) is 19.9. The standard InChI is InChI=1S/C23H27N3O4S2/c1-3-30-20-8-10-21(11-9-20)32(27,28)26-14-12-18(13-15-26)23-25-24-22(31-23)16-17-4-6-19(29-2)7-5-17/h4-11,18H,3,12-16H2,1-2H3. The van der Waals surface area contributed by atoms with Crippen molar-refractivity contribution in [2.45, 2.75) is 37.0 Å². The predicted octanol–water partition coefficient (Wildman–Crippen LogP) is 4.10. The summed E-state index contributed by atoms with van der Waals surface area (Å²) in [6.07, 6.45) is 2.22. The van der Waals surface area contributed by atoms with E-state index >= 15 is 0 Å². The van der Waals surface area contributed by atoms with Gasteiger partial charge < -0.3 is 9.47 Å². The lowest BCUT2D eigenvalue weighted by Crippen LogP contribution is -2.37. The number of piperidine rings is 1. The summed E-state index contributed by atoms with van der Waals surface area (Å²) < 4.78 is 38.2. The third-order valence-electron chi connectivity index (χ3n) is 5.57. The zero-order valence-electron chi connectivity index (χ0n) is 18.2. The van der Waals surface area contributed by atoms with Gasteiger partial charge in [-0.2, -0.15) is 4.31 Å². The number of methoxy groups -OCH3 is 1. The highest BCUT2D eigenvalue weighted by molar-refractivity contribution is 7.89. The lowest BCUT2D eigenvalue weighted by molar-refractivity contribution is 0.318. The minimum Gasteiger partial charge on any atom is -0.497 e. The molecule has 0 unspecified atom stereocenters. The van der Waals surface area contributed by atoms with E-state index in [1.165, 1.54) is 0 Å². The Morgan fingerprint density at radius 3 is 2.28 bits per heavy atom. The van der Waals surface area contributed by atoms with Crippen LogP contribution < -0.4 is 9.47 Å². The zero-order chi connectivity index (χ0) is 22.6. The van der Waals surface area contributed by atoms with Crippen molar-refractivity contribution in [3.63, 3.8) is 0 Å². The van der Waals surface area contributed by atoms with Crippen LogP contribution >= 0.6 is 11.3 Å². The highest BCUT2D eigenvalue weighted by Crippen LogP contribution is 2.33. The molecule has 32 heavy (non-hydrogen) atoms. The first-order chi connectivity index (χ1) is 15.5. The Morgan fingerprint density at radius 2 is 1.66 bits per heavy atom. The van der Waals surface area contributed by atoms with Crippen molar-refractivity contribution in [3.05, 3.63) is 64.1 Å². The maximum Gasteiger partial charge on any atom is 0.243 e. The number of sulfonamides is 1. The van der Waals surface area contributed by atoms with Gasteiger partial charge in [0.1, 0.15) is 21.5 Å². The number of hydrogen-bond donors (Lipinski definition) is 0. The van der Waals surface area contributed by atoms with Crippen LogP contribution in [-0.2, 0) is 16.4 Å². The fraction of sp³-hybridized carbons (Fsp3) is 0.391. The van der Waals surface area contributed by atoms with Gasteiger partial charge >= 0.3 is 0 Å². The fourth-order valence-electron chi connectivity index (χ4n) is 3.79. The van der Waals surface area contributed by atoms with E-state index in [4.69, 9.17) is 9.47 Å². The summed E-state index contributed by atoms with van der Waals surface area (Å²) in [6.45, 7) is 3.41. The Labute approximate surface area is 193 Å². The molecule has 0 N–H and O–H groups in total. The van der Waals surface area contributed by atoms with Crippen molar-refractivity contribution in [1.82, 2.24) is 14.5 Å². The molecule has 170 valence electrons. The number of nitrogens with zero attached hydrogens (tertiary/aromatic N) is 3. The Hall–Kier alpha value is -2.49. The van der Waals surface area contributed by atoms with E-state index in [1.807, 2.05) is 31.2 Å². The van der Waals surface area contributed by atoms with Crippen LogP contribution in [0.25, 0.3) is 0 Å². The molecule has 9 heteroatoms. The second-order valence-electron chi connectivity index (χ2n) is 7.64. The van der Waals surface area contributed by atoms with E-state index in [9.17, 15) is 8.42 Å². The lowest BCUT2D eigenvalue weighted by Gasteiger charge is -2.30. The summed E-state index contributed by atoms with van der Waals surface area (Å²) in [7, 11) is -1.85. The SMILES string of the molecule is CCOc1ccc(S(=O)(=O)N2CCC(c3nnc(Cc4ccc(OC)cc4)s3)CC2)cc1. The van der Waals surface area contributed by atoms with Crippen molar-refractivity contribution >= 4 is 21.4 Å². The molecule has 0 radical (unpaired) electrons. The van der Waals surface area contributed by atoms with Gasteiger partial charge in [0.15, 0.2) is 0 Å². The molecule has 1 aliphatic rings. The fourth-order valence-corrected chi connectivity index (χ4v) is 6.30. The lowest BCUT2D eigenvalue weighted by atomic mass is 9.99. The number of hydrogen-bond acceptors (Lipinski definition) is 7. The van der Waals surface area contributed by atoms with Gasteiger partial charge in [-0.1, -0.05) is 12.1 Å². The Bertz CT molecular complexity index is 1120. The van der Waals surface area contributed by atoms with Gasteiger partial charge in [-0.25, -0.2) is 8.42 Å². The van der Waals surface area contributed by atoms with Gasteiger partial charge in [-0.05, 0) is 61.7 Å². The highest BCUT2D eigenvalue weighted by atomic mass is 32.2. The van der Waals surface area contributed by atoms with E-state index in [1.54, 1.807) is 47.0 Å². The van der Waals surface area contributed by atoms with Gasteiger partial charge in [0.2, 0.25) is 10.0 Å². The second-order valence-corrected chi connectivity index (χ2v) is 10.7. The van der Waals surface area contributed by atoms with E-state index in [2.05, 4.69) is 10.2 Å². The molecule has 1 aliphatic heterocycles. The van der Waals surface area contributed by atoms with E-state index in [0.717, 1.165) is 40.6 Å². The molecule has 1 saturated heterocycles. The predicted molar refractivity (Wildman–Crippen MR) is 124 cm³/mol. The quantitative estimate of drug-likeness (QED) is 0.490. The molecule has 0 aliphatic carbocycles. The van der Waals surface area contributed by atoms with Crippen LogP contribution in [0.1, 0.15) is 41.3 Å². The largest absolute Gasteiger partial charge is 0.497 e. The van der Waals surface area contributed by atoms with Crippen LogP contribution in [0.15, 0.2) is 53.4 Å². The van der Waals surface area contributed by atoms with Gasteiger partial charge in [-0.15, -0.1) is 21.5 Å². The summed E-state index contributed by atoms with van der Waals surface area (Å²) in [5.41, 5.74) is 1.16. The van der Waals surface area contributed by atoms with Gasteiger partial charge in [0.05, 0.1) is 18.6 Å². The second kappa shape index (κ2) is 9.97. The summed E-state index contributed by atoms with van der Waals surface area (Å²) >= 11 is 1.62. The topological polar surface area (TPSA) is 81.6 Å². The van der Waals surface area contributed by atoms with Crippen LogP contribution in [0.2, 0.25) is 0 Å². The van der Waals surface area contributed by atoms with Crippen molar-refractivity contribution in [1.29, 1.82) is 0 Å². The maximum atomic E-state index is 13.0. The first kappa shape index (κ1) is 22.7. The third kappa shape index (κ3) is 5.11. The molecule has 1 aromatic heterocycles. The number of ether oxygens (including phenoxy) is 2. The first-order valence-electron chi connectivity index (χ1n) is 10.7. The molecule has 0 saturated carbocycles. The van der Waals surface area contributed by atoms with Crippen LogP contribution in [0, 0.1) is 0 Å². The molecule has 0 amide bonds. The van der Waals surface area contributed by atoms with Crippen LogP contribution in [-0.4, -0.2) is 49.7 Å². The van der Waals surface area contributed by atoms with Gasteiger partial charge in [-0.3, -0.25) is 0 Å². The number of rotatable bonds is 8. The first-order valence-corrected chi connectivity index (χ1v) is 12.9. The van der Waals surface area contributed by atoms with Crippen LogP contribution in [0.5, 0.6) is 11.5 Å². The van der Waals surface area contributed by atoms with E-state index in [0.29, 0.717) is 30.3 Å². The number of aromatic nitrogens is 2. The molecule has 2 heterocycles. The van der Waals surface area contributed by atoms with Gasteiger partial charge in [0, 0.05) is 25.4 Å². The van der Waals surface area contributed by atoms with E-state index in [-0.39, 0.29) is 5.92 Å². The molecule has 7 nitrogen and oxygen atoms in total. The van der Waals surface area contributed by atoms with Crippen LogP contribution in [0.3, 0.4) is 0 Å². The maximum absolute atomic E-state index is 13.0. The van der Waals surface area contributed by atoms with Crippen molar-refractivity contribution in [2.24, 2.45) is 0 Å². The molecule has 4 rings (SSSR count). The van der Waals surface area contributed by atoms with E-state index < -0.39 is 10.0 Å².